The van der Waals surface area contributed by atoms with Gasteiger partial charge in [0.1, 0.15) is 0 Å². The molecule has 0 radical (unpaired) electrons. The van der Waals surface area contributed by atoms with Gasteiger partial charge in [-0.05, 0) is 43.4 Å². The van der Waals surface area contributed by atoms with E-state index >= 15 is 0 Å². The first kappa shape index (κ1) is 15.2. The van der Waals surface area contributed by atoms with E-state index < -0.39 is 10.8 Å². The van der Waals surface area contributed by atoms with Gasteiger partial charge >= 0.3 is 5.69 Å². The molecular weight excluding hydrogens is 274 g/mol. The minimum atomic E-state index is -0.705. The van der Waals surface area contributed by atoms with E-state index in [0.29, 0.717) is 25.0 Å². The Morgan fingerprint density at radius 2 is 2.10 bits per heavy atom. The van der Waals surface area contributed by atoms with Crippen LogP contribution in [0, 0.1) is 22.0 Å². The SMILES string of the molecule is NCC1CCCC1COc1ccc(C(N)=O)cc1[N+](=O)[O-]. The smallest absolute Gasteiger partial charge is 0.311 e. The van der Waals surface area contributed by atoms with Crippen molar-refractivity contribution in [3.8, 4) is 5.75 Å². The third-order valence-corrected chi connectivity index (χ3v) is 4.01. The lowest BCUT2D eigenvalue weighted by Crippen LogP contribution is -2.23. The van der Waals surface area contributed by atoms with Crippen molar-refractivity contribution in [2.24, 2.45) is 23.3 Å². The number of hydrogen-bond acceptors (Lipinski definition) is 5. The number of ether oxygens (including phenoxy) is 1. The van der Waals surface area contributed by atoms with Crippen molar-refractivity contribution >= 4 is 11.6 Å². The van der Waals surface area contributed by atoms with Gasteiger partial charge in [0, 0.05) is 11.6 Å². The molecule has 1 aliphatic carbocycles. The molecule has 7 nitrogen and oxygen atoms in total. The molecule has 7 heteroatoms. The van der Waals surface area contributed by atoms with Gasteiger partial charge in [-0.15, -0.1) is 0 Å². The maximum Gasteiger partial charge on any atom is 0.311 e. The van der Waals surface area contributed by atoms with E-state index in [9.17, 15) is 14.9 Å². The zero-order valence-corrected chi connectivity index (χ0v) is 11.7. The molecule has 2 unspecified atom stereocenters. The van der Waals surface area contributed by atoms with E-state index in [0.717, 1.165) is 25.3 Å². The summed E-state index contributed by atoms with van der Waals surface area (Å²) in [6, 6.07) is 4.00. The second kappa shape index (κ2) is 6.53. The van der Waals surface area contributed by atoms with E-state index in [2.05, 4.69) is 0 Å². The van der Waals surface area contributed by atoms with Crippen molar-refractivity contribution in [1.29, 1.82) is 0 Å². The summed E-state index contributed by atoms with van der Waals surface area (Å²) in [4.78, 5) is 21.6. The Kier molecular flexibility index (Phi) is 4.74. The largest absolute Gasteiger partial charge is 0.487 e. The van der Waals surface area contributed by atoms with Gasteiger partial charge in [0.2, 0.25) is 5.91 Å². The summed E-state index contributed by atoms with van der Waals surface area (Å²) in [5.74, 6) is 0.190. The van der Waals surface area contributed by atoms with Crippen LogP contribution >= 0.6 is 0 Å². The van der Waals surface area contributed by atoms with Crippen molar-refractivity contribution in [2.45, 2.75) is 19.3 Å². The highest BCUT2D eigenvalue weighted by atomic mass is 16.6. The van der Waals surface area contributed by atoms with Gasteiger partial charge in [-0.1, -0.05) is 6.42 Å². The summed E-state index contributed by atoms with van der Waals surface area (Å²) < 4.78 is 5.60. The van der Waals surface area contributed by atoms with Crippen molar-refractivity contribution < 1.29 is 14.5 Å². The molecule has 2 rings (SSSR count). The Morgan fingerprint density at radius 1 is 1.38 bits per heavy atom. The molecular formula is C14H19N3O4. The number of carbonyl (C=O) groups excluding carboxylic acids is 1. The lowest BCUT2D eigenvalue weighted by molar-refractivity contribution is -0.385. The summed E-state index contributed by atoms with van der Waals surface area (Å²) in [5.41, 5.74) is 10.7. The number of nitro groups is 1. The standard InChI is InChI=1S/C14H19N3O4/c15-7-10-2-1-3-11(10)8-21-13-5-4-9(14(16)18)6-12(13)17(19)20/h4-6,10-11H,1-3,7-8,15H2,(H2,16,18). The Labute approximate surface area is 122 Å². The lowest BCUT2D eigenvalue weighted by atomic mass is 9.97. The zero-order chi connectivity index (χ0) is 15.4. The Balaban J connectivity index is 2.12. The van der Waals surface area contributed by atoms with E-state index in [-0.39, 0.29) is 17.0 Å². The first-order valence-electron chi connectivity index (χ1n) is 6.94. The fourth-order valence-corrected chi connectivity index (χ4v) is 2.78. The molecule has 0 aliphatic heterocycles. The van der Waals surface area contributed by atoms with Crippen LogP contribution in [0.5, 0.6) is 5.75 Å². The fraction of sp³-hybridized carbons (Fsp3) is 0.500. The number of primary amides is 1. The lowest BCUT2D eigenvalue weighted by Gasteiger charge is -2.18. The number of nitro benzene ring substituents is 1. The molecule has 1 aromatic carbocycles. The molecule has 0 aromatic heterocycles. The van der Waals surface area contributed by atoms with Crippen LogP contribution in [-0.4, -0.2) is 24.0 Å². The zero-order valence-electron chi connectivity index (χ0n) is 11.7. The molecule has 21 heavy (non-hydrogen) atoms. The first-order chi connectivity index (χ1) is 10.0. The highest BCUT2D eigenvalue weighted by molar-refractivity contribution is 5.93. The maximum absolute atomic E-state index is 11.1. The van der Waals surface area contributed by atoms with Gasteiger partial charge in [0.25, 0.3) is 0 Å². The Morgan fingerprint density at radius 3 is 2.71 bits per heavy atom. The number of rotatable bonds is 6. The molecule has 0 spiro atoms. The molecule has 1 aromatic rings. The highest BCUT2D eigenvalue weighted by Crippen LogP contribution is 2.33. The van der Waals surface area contributed by atoms with Crippen LogP contribution in [-0.2, 0) is 0 Å². The van der Waals surface area contributed by atoms with Crippen molar-refractivity contribution in [3.63, 3.8) is 0 Å². The van der Waals surface area contributed by atoms with Crippen LogP contribution in [0.3, 0.4) is 0 Å². The second-order valence-corrected chi connectivity index (χ2v) is 5.30. The molecule has 0 heterocycles. The molecule has 114 valence electrons. The number of nitrogens with two attached hydrogens (primary N) is 2. The number of nitrogens with zero attached hydrogens (tertiary/aromatic N) is 1. The minimum Gasteiger partial charge on any atom is -0.487 e. The summed E-state index contributed by atoms with van der Waals surface area (Å²) in [6.07, 6.45) is 3.21. The van der Waals surface area contributed by atoms with Crippen LogP contribution in [0.4, 0.5) is 5.69 Å². The van der Waals surface area contributed by atoms with E-state index in [1.807, 2.05) is 0 Å². The average molecular weight is 293 g/mol. The molecule has 1 amide bonds. The highest BCUT2D eigenvalue weighted by Gasteiger charge is 2.27. The molecule has 1 aliphatic rings. The molecule has 0 bridgehead atoms. The van der Waals surface area contributed by atoms with Gasteiger partial charge < -0.3 is 16.2 Å². The third kappa shape index (κ3) is 3.49. The molecule has 0 saturated heterocycles. The van der Waals surface area contributed by atoms with Crippen molar-refractivity contribution in [2.75, 3.05) is 13.2 Å². The minimum absolute atomic E-state index is 0.0924. The molecule has 2 atom stereocenters. The predicted octanol–water partition coefficient (Wildman–Crippen LogP) is 1.45. The van der Waals surface area contributed by atoms with Gasteiger partial charge in [-0.25, -0.2) is 0 Å². The number of benzene rings is 1. The number of hydrogen-bond donors (Lipinski definition) is 2. The second-order valence-electron chi connectivity index (χ2n) is 5.30. The molecule has 1 fully saturated rings. The summed E-state index contributed by atoms with van der Waals surface area (Å²) in [6.45, 7) is 1.01. The number of carbonyl (C=O) groups is 1. The third-order valence-electron chi connectivity index (χ3n) is 4.01. The van der Waals surface area contributed by atoms with Gasteiger partial charge in [0.05, 0.1) is 11.5 Å². The Bertz CT molecular complexity index is 547. The van der Waals surface area contributed by atoms with E-state index in [1.54, 1.807) is 0 Å². The van der Waals surface area contributed by atoms with Crippen LogP contribution in [0.1, 0.15) is 29.6 Å². The van der Waals surface area contributed by atoms with Gasteiger partial charge in [-0.3, -0.25) is 14.9 Å². The molecule has 1 saturated carbocycles. The van der Waals surface area contributed by atoms with E-state index in [1.165, 1.54) is 12.1 Å². The van der Waals surface area contributed by atoms with Crippen LogP contribution < -0.4 is 16.2 Å². The maximum atomic E-state index is 11.1. The van der Waals surface area contributed by atoms with Crippen molar-refractivity contribution in [3.05, 3.63) is 33.9 Å². The topological polar surface area (TPSA) is 121 Å². The summed E-state index contributed by atoms with van der Waals surface area (Å²) >= 11 is 0. The number of amides is 1. The summed E-state index contributed by atoms with van der Waals surface area (Å²) in [5, 5.41) is 11.1. The molecule has 4 N–H and O–H groups in total. The van der Waals surface area contributed by atoms with Crippen LogP contribution in [0.15, 0.2) is 18.2 Å². The first-order valence-corrected chi connectivity index (χ1v) is 6.94. The normalized spacial score (nSPS) is 21.2. The monoisotopic (exact) mass is 293 g/mol. The van der Waals surface area contributed by atoms with E-state index in [4.69, 9.17) is 16.2 Å². The van der Waals surface area contributed by atoms with Crippen LogP contribution in [0.2, 0.25) is 0 Å². The van der Waals surface area contributed by atoms with Gasteiger partial charge in [-0.2, -0.15) is 0 Å². The van der Waals surface area contributed by atoms with Crippen molar-refractivity contribution in [1.82, 2.24) is 0 Å². The Hall–Kier alpha value is -2.15. The average Bonchev–Trinajstić information content (AvgIpc) is 2.92. The predicted molar refractivity (Wildman–Crippen MR) is 77.0 cm³/mol. The van der Waals surface area contributed by atoms with Gasteiger partial charge in [0.15, 0.2) is 5.75 Å². The summed E-state index contributed by atoms with van der Waals surface area (Å²) in [7, 11) is 0. The fourth-order valence-electron chi connectivity index (χ4n) is 2.78. The van der Waals surface area contributed by atoms with Crippen LogP contribution in [0.25, 0.3) is 0 Å². The quantitative estimate of drug-likeness (QED) is 0.607.